The van der Waals surface area contributed by atoms with Gasteiger partial charge in [-0.1, -0.05) is 30.3 Å². The van der Waals surface area contributed by atoms with Gasteiger partial charge in [0.25, 0.3) is 11.8 Å². The molecule has 0 radical (unpaired) electrons. The molecule has 2 bridgehead atoms. The third kappa shape index (κ3) is 3.13. The summed E-state index contributed by atoms with van der Waals surface area (Å²) in [6, 6.07) is 11.8. The lowest BCUT2D eigenvalue weighted by molar-refractivity contribution is 0.0659. The second-order valence-corrected chi connectivity index (χ2v) is 8.38. The maximum atomic E-state index is 13.4. The molecular weight excluding hydrogens is 392 g/mol. The zero-order valence-corrected chi connectivity index (χ0v) is 18.0. The third-order valence-corrected chi connectivity index (χ3v) is 6.56. The quantitative estimate of drug-likeness (QED) is 0.707. The summed E-state index contributed by atoms with van der Waals surface area (Å²) in [5.74, 6) is 0.558. The number of aromatic nitrogens is 4. The fraction of sp³-hybridized carbons (Fsp3) is 0.391. The molecule has 2 amide bonds. The Morgan fingerprint density at radius 2 is 1.87 bits per heavy atom. The SMILES string of the molecule is CNC(=O)c1nc(-c2ccccc2)n2c1C[C@@H]1CC[C@H](C2)N1C(=O)c1cc(C)n(C)n1. The summed E-state index contributed by atoms with van der Waals surface area (Å²) in [6.07, 6.45) is 2.46. The van der Waals surface area contributed by atoms with Crippen LogP contribution in [0, 0.1) is 6.92 Å². The summed E-state index contributed by atoms with van der Waals surface area (Å²) < 4.78 is 3.88. The van der Waals surface area contributed by atoms with E-state index in [1.165, 1.54) is 0 Å². The van der Waals surface area contributed by atoms with Crippen molar-refractivity contribution in [3.8, 4) is 11.4 Å². The summed E-state index contributed by atoms with van der Waals surface area (Å²) in [5.41, 5.74) is 3.76. The minimum atomic E-state index is -0.193. The zero-order chi connectivity index (χ0) is 21.7. The number of amides is 2. The number of hydrogen-bond acceptors (Lipinski definition) is 4. The van der Waals surface area contributed by atoms with E-state index in [1.807, 2.05) is 55.3 Å². The molecule has 0 aliphatic carbocycles. The van der Waals surface area contributed by atoms with Crippen LogP contribution < -0.4 is 5.32 Å². The maximum Gasteiger partial charge on any atom is 0.274 e. The molecule has 5 rings (SSSR count). The molecule has 1 fully saturated rings. The summed E-state index contributed by atoms with van der Waals surface area (Å²) in [6.45, 7) is 2.57. The van der Waals surface area contributed by atoms with Gasteiger partial charge in [-0.15, -0.1) is 0 Å². The van der Waals surface area contributed by atoms with Crippen LogP contribution >= 0.6 is 0 Å². The predicted molar refractivity (Wildman–Crippen MR) is 116 cm³/mol. The van der Waals surface area contributed by atoms with Gasteiger partial charge in [0.05, 0.1) is 11.7 Å². The Morgan fingerprint density at radius 3 is 2.55 bits per heavy atom. The van der Waals surface area contributed by atoms with Gasteiger partial charge in [0.15, 0.2) is 5.69 Å². The molecule has 160 valence electrons. The van der Waals surface area contributed by atoms with E-state index in [1.54, 1.807) is 11.7 Å². The number of benzene rings is 1. The average molecular weight is 419 g/mol. The molecule has 3 aromatic rings. The van der Waals surface area contributed by atoms with Crippen molar-refractivity contribution in [2.45, 2.75) is 44.8 Å². The minimum Gasteiger partial charge on any atom is -0.354 e. The number of nitrogens with one attached hydrogen (secondary N) is 1. The fourth-order valence-electron chi connectivity index (χ4n) is 4.90. The first-order valence-corrected chi connectivity index (χ1v) is 10.7. The van der Waals surface area contributed by atoms with Crippen LogP contribution in [-0.4, -0.2) is 55.2 Å². The molecular formula is C23H26N6O2. The largest absolute Gasteiger partial charge is 0.354 e. The second kappa shape index (κ2) is 7.37. The van der Waals surface area contributed by atoms with Crippen LogP contribution in [0.25, 0.3) is 11.4 Å². The first-order valence-electron chi connectivity index (χ1n) is 10.7. The number of carbonyl (C=O) groups excluding carboxylic acids is 2. The van der Waals surface area contributed by atoms with E-state index in [0.717, 1.165) is 35.6 Å². The van der Waals surface area contributed by atoms with Gasteiger partial charge in [-0.2, -0.15) is 5.10 Å². The molecule has 1 saturated heterocycles. The van der Waals surface area contributed by atoms with Gasteiger partial charge >= 0.3 is 0 Å². The third-order valence-electron chi connectivity index (χ3n) is 6.56. The first kappa shape index (κ1) is 19.5. The summed E-state index contributed by atoms with van der Waals surface area (Å²) in [7, 11) is 3.47. The molecule has 2 aliphatic heterocycles. The lowest BCUT2D eigenvalue weighted by Gasteiger charge is -2.27. The first-order chi connectivity index (χ1) is 15.0. The Bertz CT molecular complexity index is 1140. The van der Waals surface area contributed by atoms with Crippen molar-refractivity contribution in [2.75, 3.05) is 7.05 Å². The van der Waals surface area contributed by atoms with Crippen molar-refractivity contribution >= 4 is 11.8 Å². The average Bonchev–Trinajstić information content (AvgIpc) is 3.40. The molecule has 2 atom stereocenters. The highest BCUT2D eigenvalue weighted by Gasteiger charge is 2.43. The zero-order valence-electron chi connectivity index (χ0n) is 18.0. The van der Waals surface area contributed by atoms with Crippen LogP contribution in [0.1, 0.15) is 45.2 Å². The fourth-order valence-corrected chi connectivity index (χ4v) is 4.90. The summed E-state index contributed by atoms with van der Waals surface area (Å²) >= 11 is 0. The van der Waals surface area contributed by atoms with Crippen LogP contribution in [0.2, 0.25) is 0 Å². The molecule has 1 aromatic carbocycles. The topological polar surface area (TPSA) is 85.0 Å². The van der Waals surface area contributed by atoms with Crippen molar-refractivity contribution in [2.24, 2.45) is 7.05 Å². The van der Waals surface area contributed by atoms with Crippen molar-refractivity contribution in [3.05, 3.63) is 59.2 Å². The molecule has 8 nitrogen and oxygen atoms in total. The molecule has 2 aromatic heterocycles. The standard InChI is InChI=1S/C23H26N6O2/c1-14-11-18(26-27(14)3)23(31)29-16-9-10-17(29)13-28-19(12-16)20(22(30)24-2)25-21(28)15-7-5-4-6-8-15/h4-8,11,16-17H,9-10,12-13H2,1-3H3,(H,24,30)/t16-,17+/m0/s1. The molecule has 0 unspecified atom stereocenters. The van der Waals surface area contributed by atoms with Crippen LogP contribution in [-0.2, 0) is 20.0 Å². The van der Waals surface area contributed by atoms with E-state index in [-0.39, 0.29) is 23.9 Å². The highest BCUT2D eigenvalue weighted by molar-refractivity contribution is 5.95. The smallest absolute Gasteiger partial charge is 0.274 e. The number of hydrogen-bond donors (Lipinski definition) is 1. The van der Waals surface area contributed by atoms with Crippen molar-refractivity contribution < 1.29 is 9.59 Å². The van der Waals surface area contributed by atoms with E-state index < -0.39 is 0 Å². The van der Waals surface area contributed by atoms with E-state index in [2.05, 4.69) is 15.0 Å². The molecule has 1 N–H and O–H groups in total. The monoisotopic (exact) mass is 418 g/mol. The summed E-state index contributed by atoms with van der Waals surface area (Å²) in [5, 5.41) is 7.14. The molecule has 8 heteroatoms. The van der Waals surface area contributed by atoms with Crippen LogP contribution in [0.15, 0.2) is 36.4 Å². The van der Waals surface area contributed by atoms with Gasteiger partial charge in [-0.25, -0.2) is 4.98 Å². The molecule has 2 aliphatic rings. The number of nitrogens with zero attached hydrogens (tertiary/aromatic N) is 5. The van der Waals surface area contributed by atoms with Crippen molar-refractivity contribution in [3.63, 3.8) is 0 Å². The van der Waals surface area contributed by atoms with Crippen LogP contribution in [0.5, 0.6) is 0 Å². The normalized spacial score (nSPS) is 19.8. The van der Waals surface area contributed by atoms with Crippen LogP contribution in [0.3, 0.4) is 0 Å². The van der Waals surface area contributed by atoms with Gasteiger partial charge in [0, 0.05) is 44.4 Å². The van der Waals surface area contributed by atoms with Gasteiger partial charge in [0.1, 0.15) is 11.5 Å². The minimum absolute atomic E-state index is 0.0299. The van der Waals surface area contributed by atoms with E-state index in [0.29, 0.717) is 24.4 Å². The number of imidazole rings is 1. The summed E-state index contributed by atoms with van der Waals surface area (Å²) in [4.78, 5) is 32.8. The lowest BCUT2D eigenvalue weighted by atomic mass is 10.1. The number of carbonyl (C=O) groups is 2. The molecule has 4 heterocycles. The molecule has 0 saturated carbocycles. The highest BCUT2D eigenvalue weighted by Crippen LogP contribution is 2.36. The number of rotatable bonds is 3. The van der Waals surface area contributed by atoms with Crippen molar-refractivity contribution in [1.82, 2.24) is 29.5 Å². The lowest BCUT2D eigenvalue weighted by Crippen LogP contribution is -2.42. The Labute approximate surface area is 180 Å². The Morgan fingerprint density at radius 1 is 1.13 bits per heavy atom. The Hall–Kier alpha value is -3.42. The van der Waals surface area contributed by atoms with Gasteiger partial charge in [-0.05, 0) is 25.8 Å². The predicted octanol–water partition coefficient (Wildman–Crippen LogP) is 2.18. The Kier molecular flexibility index (Phi) is 4.64. The van der Waals surface area contributed by atoms with Crippen molar-refractivity contribution in [1.29, 1.82) is 0 Å². The molecule has 31 heavy (non-hydrogen) atoms. The number of aryl methyl sites for hydroxylation is 2. The van der Waals surface area contributed by atoms with Gasteiger partial charge in [0.2, 0.25) is 0 Å². The van der Waals surface area contributed by atoms with E-state index >= 15 is 0 Å². The van der Waals surface area contributed by atoms with Gasteiger partial charge in [-0.3, -0.25) is 14.3 Å². The van der Waals surface area contributed by atoms with Crippen LogP contribution in [0.4, 0.5) is 0 Å². The molecule has 0 spiro atoms. The second-order valence-electron chi connectivity index (χ2n) is 8.38. The van der Waals surface area contributed by atoms with Gasteiger partial charge < -0.3 is 14.8 Å². The van der Waals surface area contributed by atoms with E-state index in [9.17, 15) is 9.59 Å². The highest BCUT2D eigenvalue weighted by atomic mass is 16.2. The number of fused-ring (bicyclic) bond motifs is 3. The Balaban J connectivity index is 1.57. The van der Waals surface area contributed by atoms with E-state index in [4.69, 9.17) is 4.98 Å². The maximum absolute atomic E-state index is 13.4.